The highest BCUT2D eigenvalue weighted by atomic mass is 16.5. The lowest BCUT2D eigenvalue weighted by Gasteiger charge is -2.30. The highest BCUT2D eigenvalue weighted by Gasteiger charge is 2.28. The van der Waals surface area contributed by atoms with Gasteiger partial charge in [-0.05, 0) is 42.9 Å². The predicted molar refractivity (Wildman–Crippen MR) is 117 cm³/mol. The number of carbonyl (C=O) groups is 1. The van der Waals surface area contributed by atoms with Crippen molar-refractivity contribution >= 4 is 17.9 Å². The van der Waals surface area contributed by atoms with Crippen LogP contribution in [-0.4, -0.2) is 43.0 Å². The van der Waals surface area contributed by atoms with Crippen LogP contribution in [0.3, 0.4) is 0 Å². The number of aliphatic imine (C=N–C) groups is 1. The van der Waals surface area contributed by atoms with Gasteiger partial charge in [-0.2, -0.15) is 0 Å². The minimum atomic E-state index is -0.846. The van der Waals surface area contributed by atoms with E-state index in [1.807, 2.05) is 18.2 Å². The maximum atomic E-state index is 11.5. The van der Waals surface area contributed by atoms with Crippen molar-refractivity contribution in [1.29, 1.82) is 0 Å². The fraction of sp³-hybridized carbons (Fsp3) is 0.333. The van der Waals surface area contributed by atoms with Crippen LogP contribution < -0.4 is 15.0 Å². The number of benzene rings is 1. The number of nitrogens with one attached hydrogen (secondary N) is 1. The fourth-order valence-electron chi connectivity index (χ4n) is 4.02. The van der Waals surface area contributed by atoms with E-state index in [1.54, 1.807) is 18.5 Å². The molecular formula is C24H25N3O3. The smallest absolute Gasteiger partial charge is 0.312 e. The van der Waals surface area contributed by atoms with Gasteiger partial charge in [0.05, 0.1) is 24.3 Å². The van der Waals surface area contributed by atoms with Gasteiger partial charge in [0, 0.05) is 43.2 Å². The minimum absolute atomic E-state index is 0.253. The summed E-state index contributed by atoms with van der Waals surface area (Å²) in [5, 5.41) is 12.8. The van der Waals surface area contributed by atoms with Gasteiger partial charge in [-0.1, -0.05) is 23.9 Å². The number of nitrogens with zero attached hydrogens (tertiary/aromatic N) is 2. The number of rotatable bonds is 7. The fourth-order valence-corrected chi connectivity index (χ4v) is 4.02. The van der Waals surface area contributed by atoms with Gasteiger partial charge in [0.15, 0.2) is 0 Å². The van der Waals surface area contributed by atoms with E-state index >= 15 is 0 Å². The summed E-state index contributed by atoms with van der Waals surface area (Å²) in [6, 6.07) is 6.00. The maximum Gasteiger partial charge on any atom is 0.312 e. The normalized spacial score (nSPS) is 23.6. The highest BCUT2D eigenvalue weighted by Crippen LogP contribution is 2.37. The Morgan fingerprint density at radius 3 is 3.10 bits per heavy atom. The topological polar surface area (TPSA) is 74.2 Å². The Kier molecular flexibility index (Phi) is 6.01. The van der Waals surface area contributed by atoms with Crippen molar-refractivity contribution in [3.05, 3.63) is 71.4 Å². The number of likely N-dealkylation sites (N-methyl/N-ethyl adjacent to an activating group) is 1. The molecule has 0 aromatic heterocycles. The van der Waals surface area contributed by atoms with E-state index < -0.39 is 11.9 Å². The molecule has 0 fully saturated rings. The molecule has 0 amide bonds. The highest BCUT2D eigenvalue weighted by molar-refractivity contribution is 5.81. The van der Waals surface area contributed by atoms with Crippen molar-refractivity contribution in [3.8, 4) is 5.75 Å². The van der Waals surface area contributed by atoms with Gasteiger partial charge in [-0.25, -0.2) is 0 Å². The van der Waals surface area contributed by atoms with Crippen LogP contribution in [0.2, 0.25) is 0 Å². The first-order valence-corrected chi connectivity index (χ1v) is 10.3. The number of carboxylic acids is 1. The molecule has 0 saturated carbocycles. The molecule has 30 heavy (non-hydrogen) atoms. The van der Waals surface area contributed by atoms with E-state index in [2.05, 4.69) is 51.8 Å². The van der Waals surface area contributed by atoms with Crippen LogP contribution in [0.15, 0.2) is 70.9 Å². The molecule has 2 aliphatic heterocycles. The molecule has 0 saturated heterocycles. The summed E-state index contributed by atoms with van der Waals surface area (Å²) in [6.45, 7) is 4.22. The van der Waals surface area contributed by atoms with Crippen LogP contribution in [-0.2, 0) is 4.79 Å². The molecule has 6 heteroatoms. The summed E-state index contributed by atoms with van der Waals surface area (Å²) >= 11 is 0. The number of ether oxygens (including phenoxy) is 1. The molecule has 2 heterocycles. The number of anilines is 1. The summed E-state index contributed by atoms with van der Waals surface area (Å²) in [7, 11) is 0. The molecule has 4 rings (SSSR count). The third kappa shape index (κ3) is 4.17. The van der Waals surface area contributed by atoms with Gasteiger partial charge >= 0.3 is 5.97 Å². The second kappa shape index (κ2) is 9.02. The first-order valence-electron chi connectivity index (χ1n) is 10.3. The second-order valence-corrected chi connectivity index (χ2v) is 7.42. The largest absolute Gasteiger partial charge is 0.493 e. The third-order valence-electron chi connectivity index (χ3n) is 5.61. The van der Waals surface area contributed by atoms with Crippen molar-refractivity contribution < 1.29 is 14.6 Å². The molecule has 2 N–H and O–H groups in total. The van der Waals surface area contributed by atoms with Crippen LogP contribution >= 0.6 is 0 Å². The lowest BCUT2D eigenvalue weighted by atomic mass is 9.91. The van der Waals surface area contributed by atoms with Crippen molar-refractivity contribution in [3.63, 3.8) is 0 Å². The Hall–Kier alpha value is -3.30. The molecule has 6 nitrogen and oxygen atoms in total. The molecule has 3 aliphatic rings. The Morgan fingerprint density at radius 2 is 2.33 bits per heavy atom. The Labute approximate surface area is 176 Å². The first kappa shape index (κ1) is 20.0. The molecule has 2 unspecified atom stereocenters. The monoisotopic (exact) mass is 403 g/mol. The van der Waals surface area contributed by atoms with Crippen LogP contribution in [0.4, 0.5) is 5.69 Å². The summed E-state index contributed by atoms with van der Waals surface area (Å²) in [4.78, 5) is 17.8. The maximum absolute atomic E-state index is 11.5. The average Bonchev–Trinajstić information content (AvgIpc) is 2.79. The standard InChI is InChI=1S/C24H25N3O3/c1-2-27(18-6-4-3-5-7-18)19-8-9-20-17(11-13-30-23(20)14-19)15-26-22-16-25-12-10-21(22)24(28)29/h3-4,6,8-10,12,14,16-17,21-22,26H,2,11,13,15H2,1H3,(H,28,29)/t17-,21?,22?/m0/s1. The van der Waals surface area contributed by atoms with Gasteiger partial charge < -0.3 is 20.1 Å². The van der Waals surface area contributed by atoms with E-state index in [-0.39, 0.29) is 12.0 Å². The molecule has 0 bridgehead atoms. The molecule has 0 radical (unpaired) electrons. The zero-order valence-corrected chi connectivity index (χ0v) is 16.9. The van der Waals surface area contributed by atoms with Crippen LogP contribution in [0.1, 0.15) is 24.8 Å². The molecule has 3 atom stereocenters. The van der Waals surface area contributed by atoms with Crippen molar-refractivity contribution in [2.75, 3.05) is 24.6 Å². The minimum Gasteiger partial charge on any atom is -0.493 e. The molecule has 1 aliphatic carbocycles. The number of hydrogen-bond donors (Lipinski definition) is 2. The molecule has 0 spiro atoms. The van der Waals surface area contributed by atoms with E-state index in [0.717, 1.165) is 35.7 Å². The Bertz CT molecular complexity index is 1010. The third-order valence-corrected chi connectivity index (χ3v) is 5.61. The molecule has 154 valence electrons. The van der Waals surface area contributed by atoms with Crippen molar-refractivity contribution in [2.45, 2.75) is 25.3 Å². The van der Waals surface area contributed by atoms with E-state index in [0.29, 0.717) is 13.2 Å². The average molecular weight is 403 g/mol. The second-order valence-electron chi connectivity index (χ2n) is 7.42. The van der Waals surface area contributed by atoms with Crippen LogP contribution in [0.25, 0.3) is 0 Å². The van der Waals surface area contributed by atoms with Gasteiger partial charge in [0.2, 0.25) is 0 Å². The number of hydrogen-bond acceptors (Lipinski definition) is 5. The number of carboxylic acid groups (broad SMARTS) is 1. The van der Waals surface area contributed by atoms with Gasteiger partial charge in [0.1, 0.15) is 5.75 Å². The zero-order valence-electron chi connectivity index (χ0n) is 16.9. The van der Waals surface area contributed by atoms with Crippen molar-refractivity contribution in [2.24, 2.45) is 10.9 Å². The Balaban J connectivity index is 1.51. The van der Waals surface area contributed by atoms with Gasteiger partial charge in [-0.15, -0.1) is 0 Å². The molecule has 1 aromatic carbocycles. The summed E-state index contributed by atoms with van der Waals surface area (Å²) < 4.78 is 5.97. The van der Waals surface area contributed by atoms with Crippen LogP contribution in [0.5, 0.6) is 5.75 Å². The predicted octanol–water partition coefficient (Wildman–Crippen LogP) is 3.40. The van der Waals surface area contributed by atoms with Crippen molar-refractivity contribution in [1.82, 2.24) is 5.32 Å². The van der Waals surface area contributed by atoms with E-state index in [9.17, 15) is 9.90 Å². The lowest BCUT2D eigenvalue weighted by Crippen LogP contribution is -2.43. The zero-order chi connectivity index (χ0) is 20.9. The van der Waals surface area contributed by atoms with Gasteiger partial charge in [0.25, 0.3) is 0 Å². The van der Waals surface area contributed by atoms with Gasteiger partial charge in [-0.3, -0.25) is 9.79 Å². The number of aliphatic carboxylic acids is 1. The summed E-state index contributed by atoms with van der Waals surface area (Å²) in [5.41, 5.74) is 9.34. The molecule has 1 aromatic rings. The van der Waals surface area contributed by atoms with E-state index in [1.165, 1.54) is 0 Å². The summed E-state index contributed by atoms with van der Waals surface area (Å²) in [5.74, 6) is -0.304. The quantitative estimate of drug-likeness (QED) is 0.683. The lowest BCUT2D eigenvalue weighted by molar-refractivity contribution is -0.140. The van der Waals surface area contributed by atoms with Crippen LogP contribution in [0, 0.1) is 5.92 Å². The SMILES string of the molecule is CCN(C1=C=C=CC=C1)c1ccc2c(c1)OCC[C@H]2CNC1C=NC=CC1C(=O)O. The Morgan fingerprint density at radius 1 is 1.43 bits per heavy atom. The summed E-state index contributed by atoms with van der Waals surface area (Å²) in [6.07, 6.45) is 11.5. The molecular weight excluding hydrogens is 378 g/mol. The van der Waals surface area contributed by atoms with E-state index in [4.69, 9.17) is 4.74 Å². The first-order chi connectivity index (χ1) is 14.7. The number of fused-ring (bicyclic) bond motifs is 1. The number of allylic oxidation sites excluding steroid dienone is 3.